The lowest BCUT2D eigenvalue weighted by atomic mass is 10.2. The molecule has 4 heteroatoms. The Kier molecular flexibility index (Phi) is 4.25. The molecular formula is C14H15N3S. The standard InChI is InChI=1S/C14H15N3S/c15-14(16)17-10-11-6-4-5-9-13(11)18-12-7-2-1-3-8-12/h1-9H,10H2,(H4,15,16,17). The Labute approximate surface area is 111 Å². The van der Waals surface area contributed by atoms with Crippen molar-refractivity contribution in [3.8, 4) is 0 Å². The first-order valence-corrected chi connectivity index (χ1v) is 6.43. The topological polar surface area (TPSA) is 64.4 Å². The van der Waals surface area contributed by atoms with E-state index >= 15 is 0 Å². The predicted octanol–water partition coefficient (Wildman–Crippen LogP) is 2.61. The van der Waals surface area contributed by atoms with Crippen LogP contribution >= 0.6 is 11.8 Å². The van der Waals surface area contributed by atoms with Crippen molar-refractivity contribution in [2.75, 3.05) is 0 Å². The number of guanidine groups is 1. The van der Waals surface area contributed by atoms with E-state index in [0.717, 1.165) is 5.56 Å². The summed E-state index contributed by atoms with van der Waals surface area (Å²) in [4.78, 5) is 6.43. The van der Waals surface area contributed by atoms with Gasteiger partial charge in [-0.05, 0) is 23.8 Å². The van der Waals surface area contributed by atoms with Crippen LogP contribution in [-0.2, 0) is 6.54 Å². The van der Waals surface area contributed by atoms with Crippen LogP contribution in [0.1, 0.15) is 5.56 Å². The molecule has 0 radical (unpaired) electrons. The van der Waals surface area contributed by atoms with E-state index in [9.17, 15) is 0 Å². The average molecular weight is 257 g/mol. The number of hydrogen-bond donors (Lipinski definition) is 2. The Morgan fingerprint density at radius 1 is 0.944 bits per heavy atom. The van der Waals surface area contributed by atoms with Gasteiger partial charge in [-0.1, -0.05) is 48.2 Å². The lowest BCUT2D eigenvalue weighted by molar-refractivity contribution is 1.02. The molecular weight excluding hydrogens is 242 g/mol. The van der Waals surface area contributed by atoms with Gasteiger partial charge < -0.3 is 11.5 Å². The Morgan fingerprint density at radius 3 is 2.33 bits per heavy atom. The summed E-state index contributed by atoms with van der Waals surface area (Å²) in [7, 11) is 0. The predicted molar refractivity (Wildman–Crippen MR) is 76.5 cm³/mol. The van der Waals surface area contributed by atoms with Gasteiger partial charge in [0.2, 0.25) is 0 Å². The summed E-state index contributed by atoms with van der Waals surface area (Å²) in [5, 5.41) is 0. The SMILES string of the molecule is NC(N)=NCc1ccccc1Sc1ccccc1. The zero-order chi connectivity index (χ0) is 12.8. The number of hydrogen-bond acceptors (Lipinski definition) is 2. The largest absolute Gasteiger partial charge is 0.370 e. The highest BCUT2D eigenvalue weighted by Gasteiger charge is 2.03. The van der Waals surface area contributed by atoms with Crippen molar-refractivity contribution in [2.45, 2.75) is 16.3 Å². The minimum absolute atomic E-state index is 0.120. The smallest absolute Gasteiger partial charge is 0.186 e. The zero-order valence-electron chi connectivity index (χ0n) is 9.91. The van der Waals surface area contributed by atoms with Gasteiger partial charge >= 0.3 is 0 Å². The molecule has 0 saturated heterocycles. The molecule has 0 atom stereocenters. The number of rotatable bonds is 4. The lowest BCUT2D eigenvalue weighted by Gasteiger charge is -2.07. The van der Waals surface area contributed by atoms with Crippen molar-refractivity contribution in [3.05, 3.63) is 60.2 Å². The van der Waals surface area contributed by atoms with E-state index in [4.69, 9.17) is 11.5 Å². The quantitative estimate of drug-likeness (QED) is 0.653. The fourth-order valence-corrected chi connectivity index (χ4v) is 2.48. The average Bonchev–Trinajstić information content (AvgIpc) is 2.39. The fraction of sp³-hybridized carbons (Fsp3) is 0.0714. The first-order valence-electron chi connectivity index (χ1n) is 5.62. The summed E-state index contributed by atoms with van der Waals surface area (Å²) in [5.74, 6) is 0.120. The molecule has 0 spiro atoms. The first kappa shape index (κ1) is 12.5. The van der Waals surface area contributed by atoms with Crippen LogP contribution in [0.3, 0.4) is 0 Å². The van der Waals surface area contributed by atoms with Gasteiger partial charge in [0.25, 0.3) is 0 Å². The van der Waals surface area contributed by atoms with Crippen molar-refractivity contribution < 1.29 is 0 Å². The molecule has 0 heterocycles. The molecule has 0 aliphatic carbocycles. The molecule has 2 rings (SSSR count). The molecule has 0 fully saturated rings. The van der Waals surface area contributed by atoms with Crippen molar-refractivity contribution >= 4 is 17.7 Å². The second-order valence-electron chi connectivity index (χ2n) is 3.76. The summed E-state index contributed by atoms with van der Waals surface area (Å²) in [5.41, 5.74) is 11.9. The molecule has 4 N–H and O–H groups in total. The summed E-state index contributed by atoms with van der Waals surface area (Å²) < 4.78 is 0. The van der Waals surface area contributed by atoms with Crippen LogP contribution in [0.2, 0.25) is 0 Å². The lowest BCUT2D eigenvalue weighted by Crippen LogP contribution is -2.22. The normalized spacial score (nSPS) is 10.0. The van der Waals surface area contributed by atoms with Crippen LogP contribution in [0, 0.1) is 0 Å². The Hall–Kier alpha value is -1.94. The molecule has 0 aliphatic rings. The number of aliphatic imine (C=N–C) groups is 1. The third-order valence-corrected chi connectivity index (χ3v) is 3.50. The summed E-state index contributed by atoms with van der Waals surface area (Å²) in [6.07, 6.45) is 0. The van der Waals surface area contributed by atoms with Crippen LogP contribution in [0.5, 0.6) is 0 Å². The van der Waals surface area contributed by atoms with Gasteiger partial charge in [0.05, 0.1) is 6.54 Å². The van der Waals surface area contributed by atoms with E-state index in [2.05, 4.69) is 23.2 Å². The zero-order valence-corrected chi connectivity index (χ0v) is 10.7. The molecule has 0 unspecified atom stereocenters. The van der Waals surface area contributed by atoms with Crippen LogP contribution < -0.4 is 11.5 Å². The first-order chi connectivity index (χ1) is 8.75. The van der Waals surface area contributed by atoms with Crippen LogP contribution in [-0.4, -0.2) is 5.96 Å². The molecule has 0 aliphatic heterocycles. The third kappa shape index (κ3) is 3.53. The molecule has 0 bridgehead atoms. The van der Waals surface area contributed by atoms with E-state index in [-0.39, 0.29) is 5.96 Å². The monoisotopic (exact) mass is 257 g/mol. The van der Waals surface area contributed by atoms with Crippen molar-refractivity contribution in [3.63, 3.8) is 0 Å². The van der Waals surface area contributed by atoms with Gasteiger partial charge in [-0.3, -0.25) is 0 Å². The summed E-state index contributed by atoms with van der Waals surface area (Å²) in [6, 6.07) is 18.4. The van der Waals surface area contributed by atoms with E-state index in [0.29, 0.717) is 6.54 Å². The van der Waals surface area contributed by atoms with Crippen molar-refractivity contribution in [1.29, 1.82) is 0 Å². The van der Waals surface area contributed by atoms with E-state index in [1.807, 2.05) is 36.4 Å². The molecule has 0 saturated carbocycles. The molecule has 92 valence electrons. The highest BCUT2D eigenvalue weighted by molar-refractivity contribution is 7.99. The minimum atomic E-state index is 0.120. The molecule has 0 aromatic heterocycles. The van der Waals surface area contributed by atoms with E-state index in [1.54, 1.807) is 11.8 Å². The minimum Gasteiger partial charge on any atom is -0.370 e. The molecule has 2 aromatic rings. The second-order valence-corrected chi connectivity index (χ2v) is 4.88. The number of benzene rings is 2. The third-order valence-electron chi connectivity index (χ3n) is 2.38. The summed E-state index contributed by atoms with van der Waals surface area (Å²) in [6.45, 7) is 0.512. The van der Waals surface area contributed by atoms with Crippen LogP contribution in [0.4, 0.5) is 0 Å². The highest BCUT2D eigenvalue weighted by Crippen LogP contribution is 2.30. The molecule has 0 amide bonds. The van der Waals surface area contributed by atoms with Crippen molar-refractivity contribution in [1.82, 2.24) is 0 Å². The molecule has 18 heavy (non-hydrogen) atoms. The van der Waals surface area contributed by atoms with Crippen LogP contribution in [0.15, 0.2) is 69.4 Å². The molecule has 3 nitrogen and oxygen atoms in total. The number of nitrogens with zero attached hydrogens (tertiary/aromatic N) is 1. The van der Waals surface area contributed by atoms with E-state index in [1.165, 1.54) is 9.79 Å². The highest BCUT2D eigenvalue weighted by atomic mass is 32.2. The van der Waals surface area contributed by atoms with Gasteiger partial charge in [0.15, 0.2) is 5.96 Å². The maximum absolute atomic E-state index is 5.36. The van der Waals surface area contributed by atoms with Crippen LogP contribution in [0.25, 0.3) is 0 Å². The fourth-order valence-electron chi connectivity index (χ4n) is 1.53. The van der Waals surface area contributed by atoms with Gasteiger partial charge in [-0.15, -0.1) is 0 Å². The van der Waals surface area contributed by atoms with E-state index < -0.39 is 0 Å². The second kappa shape index (κ2) is 6.12. The number of nitrogens with two attached hydrogens (primary N) is 2. The Balaban J connectivity index is 2.20. The van der Waals surface area contributed by atoms with Gasteiger partial charge in [0.1, 0.15) is 0 Å². The van der Waals surface area contributed by atoms with Gasteiger partial charge in [0, 0.05) is 9.79 Å². The Bertz CT molecular complexity index is 534. The van der Waals surface area contributed by atoms with Gasteiger partial charge in [-0.2, -0.15) is 0 Å². The van der Waals surface area contributed by atoms with Gasteiger partial charge in [-0.25, -0.2) is 4.99 Å². The maximum Gasteiger partial charge on any atom is 0.186 e. The Morgan fingerprint density at radius 2 is 1.61 bits per heavy atom. The summed E-state index contributed by atoms with van der Waals surface area (Å²) >= 11 is 1.71. The molecule has 2 aromatic carbocycles. The maximum atomic E-state index is 5.36. The van der Waals surface area contributed by atoms with Crippen molar-refractivity contribution in [2.24, 2.45) is 16.5 Å².